The third-order valence-electron chi connectivity index (χ3n) is 0.382. The summed E-state index contributed by atoms with van der Waals surface area (Å²) in [5.74, 6) is 0. The molecule has 0 aliphatic carbocycles. The number of ether oxygens (including phenoxy) is 1. The highest BCUT2D eigenvalue weighted by Gasteiger charge is 1.95. The van der Waals surface area contributed by atoms with Gasteiger partial charge in [0.15, 0.2) is 0 Å². The molecule has 0 aromatic heterocycles. The summed E-state index contributed by atoms with van der Waals surface area (Å²) >= 11 is 0. The van der Waals surface area contributed by atoms with Gasteiger partial charge in [-0.25, -0.2) is 9.78 Å². The van der Waals surface area contributed by atoms with Gasteiger partial charge in [-0.1, -0.05) is 0 Å². The largest absolute Gasteiger partial charge is 0.394 e. The SMILES string of the molecule is C1OO1.CC(O)CO.COC. The average Bonchev–Trinajstić information content (AvgIpc) is 2.73. The van der Waals surface area contributed by atoms with Crippen molar-refractivity contribution < 1.29 is 24.7 Å². The molecule has 2 N–H and O–H groups in total. The molecule has 1 aliphatic heterocycles. The molecule has 0 amide bonds. The van der Waals surface area contributed by atoms with E-state index in [-0.39, 0.29) is 6.61 Å². The Morgan fingerprint density at radius 1 is 1.45 bits per heavy atom. The molecule has 0 saturated carbocycles. The number of rotatable bonds is 1. The summed E-state index contributed by atoms with van der Waals surface area (Å²) in [6.07, 6.45) is -0.560. The lowest BCUT2D eigenvalue weighted by Gasteiger charge is -1.90. The minimum absolute atomic E-state index is 0.139. The summed E-state index contributed by atoms with van der Waals surface area (Å²) in [7, 11) is 3.25. The molecule has 1 atom stereocenters. The lowest BCUT2D eigenvalue weighted by molar-refractivity contribution is 0.0850. The predicted molar refractivity (Wildman–Crippen MR) is 38.7 cm³/mol. The first-order valence-electron chi connectivity index (χ1n) is 3.12. The molecule has 1 fully saturated rings. The lowest BCUT2D eigenvalue weighted by Crippen LogP contribution is -2.03. The van der Waals surface area contributed by atoms with Crippen LogP contribution in [0.4, 0.5) is 0 Å². The summed E-state index contributed by atoms with van der Waals surface area (Å²) < 4.78 is 4.25. The quantitative estimate of drug-likeness (QED) is 0.409. The normalized spacial score (nSPS) is 15.0. The van der Waals surface area contributed by atoms with E-state index in [0.717, 1.165) is 0 Å². The van der Waals surface area contributed by atoms with Crippen molar-refractivity contribution in [3.63, 3.8) is 0 Å². The number of hydrogen-bond acceptors (Lipinski definition) is 5. The third-order valence-corrected chi connectivity index (χ3v) is 0.382. The van der Waals surface area contributed by atoms with Crippen molar-refractivity contribution in [3.05, 3.63) is 0 Å². The van der Waals surface area contributed by atoms with Gasteiger partial charge in [0, 0.05) is 14.2 Å². The van der Waals surface area contributed by atoms with E-state index in [4.69, 9.17) is 10.2 Å². The molecular formula is C6H16O5. The van der Waals surface area contributed by atoms with Crippen molar-refractivity contribution in [2.24, 2.45) is 0 Å². The third kappa shape index (κ3) is 76.1. The first-order chi connectivity index (χ1) is 5.18. The van der Waals surface area contributed by atoms with Crippen LogP contribution in [0.1, 0.15) is 6.92 Å². The number of aliphatic hydroxyl groups is 2. The minimum atomic E-state index is -0.560. The molecule has 0 aromatic carbocycles. The van der Waals surface area contributed by atoms with Crippen LogP contribution in [0.15, 0.2) is 0 Å². The first-order valence-corrected chi connectivity index (χ1v) is 3.12. The Morgan fingerprint density at radius 2 is 1.64 bits per heavy atom. The maximum Gasteiger partial charge on any atom is 0.214 e. The van der Waals surface area contributed by atoms with Gasteiger partial charge in [0.25, 0.3) is 0 Å². The second kappa shape index (κ2) is 12.5. The molecule has 5 heteroatoms. The average molecular weight is 168 g/mol. The zero-order valence-electron chi connectivity index (χ0n) is 7.11. The topological polar surface area (TPSA) is 74.8 Å². The standard InChI is InChI=1S/C3H8O2.C2H6O.CH2O2/c1-3(5)2-4;1-3-2;1-2-3-1/h3-5H,2H2,1H3;1-2H3;1H2. The molecule has 1 unspecified atom stereocenters. The van der Waals surface area contributed by atoms with Crippen LogP contribution in [0.5, 0.6) is 0 Å². The van der Waals surface area contributed by atoms with E-state index >= 15 is 0 Å². The zero-order chi connectivity index (χ0) is 9.11. The fourth-order valence-corrected chi connectivity index (χ4v) is 0. The van der Waals surface area contributed by atoms with Gasteiger partial charge in [0.1, 0.15) is 0 Å². The summed E-state index contributed by atoms with van der Waals surface area (Å²) in [6.45, 7) is 1.89. The molecule has 1 heterocycles. The summed E-state index contributed by atoms with van der Waals surface area (Å²) in [5.41, 5.74) is 0. The summed E-state index contributed by atoms with van der Waals surface area (Å²) in [6, 6.07) is 0. The van der Waals surface area contributed by atoms with Crippen molar-refractivity contribution >= 4 is 0 Å². The lowest BCUT2D eigenvalue weighted by atomic mass is 10.5. The van der Waals surface area contributed by atoms with Gasteiger partial charge in [0.2, 0.25) is 6.79 Å². The molecule has 70 valence electrons. The van der Waals surface area contributed by atoms with Crippen LogP contribution in [0.25, 0.3) is 0 Å². The zero-order valence-corrected chi connectivity index (χ0v) is 7.11. The van der Waals surface area contributed by atoms with Crippen LogP contribution in [-0.2, 0) is 14.5 Å². The van der Waals surface area contributed by atoms with Crippen molar-refractivity contribution in [2.45, 2.75) is 13.0 Å². The van der Waals surface area contributed by atoms with Crippen LogP contribution >= 0.6 is 0 Å². The van der Waals surface area contributed by atoms with Gasteiger partial charge in [-0.15, -0.1) is 0 Å². The maximum atomic E-state index is 8.11. The fraction of sp³-hybridized carbons (Fsp3) is 1.00. The van der Waals surface area contributed by atoms with Crippen LogP contribution in [-0.4, -0.2) is 43.9 Å². The van der Waals surface area contributed by atoms with Crippen LogP contribution in [0.2, 0.25) is 0 Å². The van der Waals surface area contributed by atoms with Crippen molar-refractivity contribution in [1.82, 2.24) is 0 Å². The Morgan fingerprint density at radius 3 is 1.64 bits per heavy atom. The highest BCUT2D eigenvalue weighted by Crippen LogP contribution is 1.89. The van der Waals surface area contributed by atoms with Crippen molar-refractivity contribution in [2.75, 3.05) is 27.6 Å². The Balaban J connectivity index is 0. The highest BCUT2D eigenvalue weighted by molar-refractivity contribution is 4.34. The molecule has 0 bridgehead atoms. The van der Waals surface area contributed by atoms with Crippen LogP contribution in [0, 0.1) is 0 Å². The number of aliphatic hydroxyl groups excluding tert-OH is 2. The van der Waals surface area contributed by atoms with Gasteiger partial charge in [-0.2, -0.15) is 0 Å². The Kier molecular flexibility index (Phi) is 15.2. The van der Waals surface area contributed by atoms with Crippen molar-refractivity contribution in [1.29, 1.82) is 0 Å². The second-order valence-corrected chi connectivity index (χ2v) is 1.79. The van der Waals surface area contributed by atoms with E-state index in [9.17, 15) is 0 Å². The van der Waals surface area contributed by atoms with Gasteiger partial charge >= 0.3 is 0 Å². The molecule has 0 aromatic rings. The second-order valence-electron chi connectivity index (χ2n) is 1.79. The first kappa shape index (κ1) is 13.4. The van der Waals surface area contributed by atoms with E-state index in [2.05, 4.69) is 14.5 Å². The smallest absolute Gasteiger partial charge is 0.214 e. The summed E-state index contributed by atoms with van der Waals surface area (Å²) in [5, 5.41) is 16.0. The van der Waals surface area contributed by atoms with Crippen molar-refractivity contribution in [3.8, 4) is 0 Å². The highest BCUT2D eigenvalue weighted by atomic mass is 17.4. The van der Waals surface area contributed by atoms with Gasteiger partial charge < -0.3 is 14.9 Å². The minimum Gasteiger partial charge on any atom is -0.394 e. The molecule has 1 rings (SSSR count). The van der Waals surface area contributed by atoms with E-state index in [1.807, 2.05) is 0 Å². The van der Waals surface area contributed by atoms with Gasteiger partial charge in [-0.3, -0.25) is 0 Å². The molecule has 1 aliphatic rings. The van der Waals surface area contributed by atoms with E-state index < -0.39 is 6.10 Å². The molecule has 0 radical (unpaired) electrons. The monoisotopic (exact) mass is 168 g/mol. The van der Waals surface area contributed by atoms with E-state index in [1.54, 1.807) is 14.2 Å². The molecule has 1 saturated heterocycles. The van der Waals surface area contributed by atoms with Crippen LogP contribution < -0.4 is 0 Å². The van der Waals surface area contributed by atoms with Crippen LogP contribution in [0.3, 0.4) is 0 Å². The van der Waals surface area contributed by atoms with Gasteiger partial charge in [0.05, 0.1) is 12.7 Å². The summed E-state index contributed by atoms with van der Waals surface area (Å²) in [4.78, 5) is 8.00. The van der Waals surface area contributed by atoms with E-state index in [1.165, 1.54) is 6.92 Å². The van der Waals surface area contributed by atoms with Gasteiger partial charge in [-0.05, 0) is 6.92 Å². The Bertz CT molecular complexity index is 52.2. The number of methoxy groups -OCH3 is 1. The molecule has 5 nitrogen and oxygen atoms in total. The maximum absolute atomic E-state index is 8.11. The molecule has 0 spiro atoms. The Hall–Kier alpha value is -0.200. The fourth-order valence-electron chi connectivity index (χ4n) is 0. The molecule has 11 heavy (non-hydrogen) atoms. The molecular weight excluding hydrogens is 152 g/mol. The predicted octanol–water partition coefficient (Wildman–Crippen LogP) is -0.472. The Labute approximate surface area is 66.4 Å². The van der Waals surface area contributed by atoms with E-state index in [0.29, 0.717) is 6.79 Å². The number of hydrogen-bond donors (Lipinski definition) is 2.